The molecule has 5 amide bonds. The molecule has 2 aliphatic rings. The van der Waals surface area contributed by atoms with Gasteiger partial charge >= 0.3 is 12.0 Å². The Labute approximate surface area is 198 Å². The standard InChI is InChI=1S/C21H23N7O7/c29-10-13(9-18(31)32)24-20(34)16-2-1-6-27-17(30)5-7-26(21(35)28(16)27)25-19(33)12-3-4-14-15(8-12)23-11-22-14/h3-4,8,10-11,13,16H,1-2,5-7,9H2,(H,22,23)(H,24,34)(H,25,33)(H,31,32)/t13-,16-/m0/s1. The smallest absolute Gasteiger partial charge is 0.358 e. The van der Waals surface area contributed by atoms with Crippen LogP contribution in [0.1, 0.15) is 36.0 Å². The molecule has 0 aliphatic carbocycles. The number of carboxylic acid groups (broad SMARTS) is 1. The van der Waals surface area contributed by atoms with Gasteiger partial charge in [-0.3, -0.25) is 24.6 Å². The molecule has 2 fully saturated rings. The number of carbonyl (C=O) groups excluding carboxylic acids is 5. The van der Waals surface area contributed by atoms with Gasteiger partial charge in [0.15, 0.2) is 0 Å². The molecule has 4 N–H and O–H groups in total. The lowest BCUT2D eigenvalue weighted by Crippen LogP contribution is -2.64. The molecule has 2 saturated heterocycles. The Kier molecular flexibility index (Phi) is 6.62. The maximum Gasteiger partial charge on any atom is 0.358 e. The first-order valence-corrected chi connectivity index (χ1v) is 10.9. The monoisotopic (exact) mass is 485 g/mol. The van der Waals surface area contributed by atoms with E-state index in [2.05, 4.69) is 20.7 Å². The first kappa shape index (κ1) is 23.7. The Bertz CT molecular complexity index is 1200. The molecule has 14 heteroatoms. The number of hydrogen-bond acceptors (Lipinski definition) is 7. The molecule has 35 heavy (non-hydrogen) atoms. The van der Waals surface area contributed by atoms with E-state index in [0.29, 0.717) is 23.7 Å². The highest BCUT2D eigenvalue weighted by atomic mass is 16.4. The van der Waals surface area contributed by atoms with Crippen LogP contribution in [0.4, 0.5) is 4.79 Å². The second kappa shape index (κ2) is 9.79. The van der Waals surface area contributed by atoms with Crippen molar-refractivity contribution in [3.8, 4) is 0 Å². The van der Waals surface area contributed by atoms with E-state index in [0.717, 1.165) is 15.0 Å². The van der Waals surface area contributed by atoms with E-state index in [-0.39, 0.29) is 31.5 Å². The highest BCUT2D eigenvalue weighted by Gasteiger charge is 2.44. The SMILES string of the molecule is O=C[C@H](CC(=O)O)NC(=O)[C@@H]1CCCN2C(=O)CCN(NC(=O)c3ccc4nc[nH]c4c3)C(=O)N12. The molecule has 2 aliphatic heterocycles. The highest BCUT2D eigenvalue weighted by Crippen LogP contribution is 2.24. The van der Waals surface area contributed by atoms with Gasteiger partial charge in [-0.1, -0.05) is 0 Å². The van der Waals surface area contributed by atoms with E-state index in [1.165, 1.54) is 12.4 Å². The fourth-order valence-corrected chi connectivity index (χ4v) is 4.08. The summed E-state index contributed by atoms with van der Waals surface area (Å²) in [5.74, 6) is -3.07. The average molecular weight is 485 g/mol. The van der Waals surface area contributed by atoms with Crippen LogP contribution in [0.2, 0.25) is 0 Å². The lowest BCUT2D eigenvalue weighted by Gasteiger charge is -2.42. The van der Waals surface area contributed by atoms with Gasteiger partial charge in [0.05, 0.1) is 36.4 Å². The van der Waals surface area contributed by atoms with Crippen molar-refractivity contribution in [3.63, 3.8) is 0 Å². The minimum atomic E-state index is -1.29. The molecule has 0 unspecified atom stereocenters. The van der Waals surface area contributed by atoms with E-state index in [4.69, 9.17) is 5.11 Å². The first-order chi connectivity index (χ1) is 16.8. The van der Waals surface area contributed by atoms with Crippen molar-refractivity contribution >= 4 is 47.0 Å². The van der Waals surface area contributed by atoms with Crippen LogP contribution in [0, 0.1) is 0 Å². The molecule has 14 nitrogen and oxygen atoms in total. The van der Waals surface area contributed by atoms with Crippen LogP contribution in [0.15, 0.2) is 24.5 Å². The summed E-state index contributed by atoms with van der Waals surface area (Å²) in [6.07, 6.45) is 1.66. The van der Waals surface area contributed by atoms with Crippen LogP contribution in [0.3, 0.4) is 0 Å². The number of aliphatic carboxylic acids is 1. The number of nitrogens with one attached hydrogen (secondary N) is 3. The summed E-state index contributed by atoms with van der Waals surface area (Å²) in [7, 11) is 0. The molecule has 184 valence electrons. The minimum Gasteiger partial charge on any atom is -0.481 e. The van der Waals surface area contributed by atoms with Gasteiger partial charge < -0.3 is 20.2 Å². The molecule has 0 bridgehead atoms. The molecule has 4 rings (SSSR count). The largest absolute Gasteiger partial charge is 0.481 e. The fraction of sp³-hybridized carbons (Fsp3) is 0.381. The maximum absolute atomic E-state index is 13.4. The number of aldehydes is 1. The quantitative estimate of drug-likeness (QED) is 0.374. The number of aromatic nitrogens is 2. The van der Waals surface area contributed by atoms with Crippen molar-refractivity contribution < 1.29 is 33.9 Å². The summed E-state index contributed by atoms with van der Waals surface area (Å²) in [5.41, 5.74) is 4.03. The number of carbonyl (C=O) groups is 6. The lowest BCUT2D eigenvalue weighted by molar-refractivity contribution is -0.155. The Morgan fingerprint density at radius 2 is 2.06 bits per heavy atom. The summed E-state index contributed by atoms with van der Waals surface area (Å²) in [6.45, 7) is 0.0753. The second-order valence-corrected chi connectivity index (χ2v) is 8.13. The minimum absolute atomic E-state index is 0.0909. The van der Waals surface area contributed by atoms with Crippen molar-refractivity contribution in [3.05, 3.63) is 30.1 Å². The number of nitrogens with zero attached hydrogens (tertiary/aromatic N) is 4. The number of hydrogen-bond donors (Lipinski definition) is 4. The van der Waals surface area contributed by atoms with Gasteiger partial charge in [0, 0.05) is 18.5 Å². The van der Waals surface area contributed by atoms with Crippen LogP contribution >= 0.6 is 0 Å². The molecule has 0 radical (unpaired) electrons. The maximum atomic E-state index is 13.4. The van der Waals surface area contributed by atoms with Crippen molar-refractivity contribution in [2.45, 2.75) is 37.8 Å². The Balaban J connectivity index is 1.54. The summed E-state index contributed by atoms with van der Waals surface area (Å²) in [6, 6.07) is 1.49. The number of rotatable bonds is 7. The number of urea groups is 1. The van der Waals surface area contributed by atoms with Gasteiger partial charge in [-0.25, -0.2) is 24.8 Å². The highest BCUT2D eigenvalue weighted by molar-refractivity contribution is 5.99. The van der Waals surface area contributed by atoms with Gasteiger partial charge in [0.1, 0.15) is 12.3 Å². The number of benzene rings is 1. The van der Waals surface area contributed by atoms with Crippen LogP contribution < -0.4 is 10.7 Å². The molecular weight excluding hydrogens is 462 g/mol. The molecule has 0 saturated carbocycles. The van der Waals surface area contributed by atoms with Gasteiger partial charge in [-0.2, -0.15) is 0 Å². The van der Waals surface area contributed by atoms with Crippen LogP contribution in [0.5, 0.6) is 0 Å². The Morgan fingerprint density at radius 3 is 2.80 bits per heavy atom. The predicted octanol–water partition coefficient (Wildman–Crippen LogP) is -0.600. The fourth-order valence-electron chi connectivity index (χ4n) is 4.08. The summed E-state index contributed by atoms with van der Waals surface area (Å²) in [5, 5.41) is 14.3. The van der Waals surface area contributed by atoms with Gasteiger partial charge in [-0.15, -0.1) is 0 Å². The molecule has 3 heterocycles. The molecule has 0 spiro atoms. The molecule has 1 aromatic heterocycles. The van der Waals surface area contributed by atoms with Gasteiger partial charge in [0.2, 0.25) is 11.8 Å². The number of aromatic amines is 1. The van der Waals surface area contributed by atoms with Crippen molar-refractivity contribution in [2.75, 3.05) is 13.1 Å². The van der Waals surface area contributed by atoms with E-state index in [1.807, 2.05) is 0 Å². The number of hydrazine groups is 2. The average Bonchev–Trinajstić information content (AvgIpc) is 3.28. The summed E-state index contributed by atoms with van der Waals surface area (Å²) in [4.78, 5) is 81.0. The number of H-pyrrole nitrogens is 1. The predicted molar refractivity (Wildman–Crippen MR) is 117 cm³/mol. The summed E-state index contributed by atoms with van der Waals surface area (Å²) < 4.78 is 0. The Morgan fingerprint density at radius 1 is 1.26 bits per heavy atom. The zero-order valence-electron chi connectivity index (χ0n) is 18.5. The normalized spacial score (nSPS) is 19.1. The molecular formula is C21H23N7O7. The summed E-state index contributed by atoms with van der Waals surface area (Å²) >= 11 is 0. The van der Waals surface area contributed by atoms with Crippen molar-refractivity contribution in [1.29, 1.82) is 0 Å². The third kappa shape index (κ3) is 4.90. The third-order valence-corrected chi connectivity index (χ3v) is 5.77. The van der Waals surface area contributed by atoms with Gasteiger partial charge in [0.25, 0.3) is 5.91 Å². The van der Waals surface area contributed by atoms with E-state index in [1.54, 1.807) is 12.1 Å². The number of imidazole rings is 1. The van der Waals surface area contributed by atoms with Crippen molar-refractivity contribution in [2.24, 2.45) is 0 Å². The van der Waals surface area contributed by atoms with Crippen molar-refractivity contribution in [1.82, 2.24) is 35.7 Å². The second-order valence-electron chi connectivity index (χ2n) is 8.13. The van der Waals surface area contributed by atoms with Crippen LogP contribution in [-0.4, -0.2) is 91.3 Å². The van der Waals surface area contributed by atoms with E-state index >= 15 is 0 Å². The third-order valence-electron chi connectivity index (χ3n) is 5.77. The van der Waals surface area contributed by atoms with E-state index in [9.17, 15) is 28.8 Å². The van der Waals surface area contributed by atoms with Crippen LogP contribution in [0.25, 0.3) is 11.0 Å². The number of carboxylic acids is 1. The lowest BCUT2D eigenvalue weighted by atomic mass is 10.1. The zero-order valence-corrected chi connectivity index (χ0v) is 18.5. The molecule has 2 aromatic rings. The Hall–Kier alpha value is -4.49. The van der Waals surface area contributed by atoms with E-state index < -0.39 is 48.2 Å². The number of amides is 5. The molecule has 1 aromatic carbocycles. The molecule has 2 atom stereocenters. The van der Waals surface area contributed by atoms with Gasteiger partial charge in [-0.05, 0) is 31.0 Å². The zero-order chi connectivity index (χ0) is 25.1. The number of fused-ring (bicyclic) bond motifs is 2. The topological polar surface area (TPSA) is 185 Å². The van der Waals surface area contributed by atoms with Crippen LogP contribution in [-0.2, 0) is 19.2 Å². The first-order valence-electron chi connectivity index (χ1n) is 10.9.